The van der Waals surface area contributed by atoms with Crippen molar-refractivity contribution in [2.24, 2.45) is 10.7 Å². The summed E-state index contributed by atoms with van der Waals surface area (Å²) in [5.74, 6) is 1.85. The first-order chi connectivity index (χ1) is 11.0. The van der Waals surface area contributed by atoms with E-state index in [4.69, 9.17) is 10.3 Å². The van der Waals surface area contributed by atoms with Crippen LogP contribution in [0.2, 0.25) is 0 Å². The van der Waals surface area contributed by atoms with Gasteiger partial charge in [-0.2, -0.15) is 0 Å². The standard InChI is InChI=1S/C18H26N4O.HI/c1-5-12(2)15-6-8-16(9-7-15)21-18(19)20-11-10-17-13(3)22-23-14(17)4;/h6-9,12H,5,10-11H2,1-4H3,(H3,19,20,21);1H. The van der Waals surface area contributed by atoms with Crippen molar-refractivity contribution in [2.45, 2.75) is 46.5 Å². The Bertz CT molecular complexity index is 645. The molecule has 0 aliphatic rings. The smallest absolute Gasteiger partial charge is 0.193 e. The maximum Gasteiger partial charge on any atom is 0.193 e. The van der Waals surface area contributed by atoms with Crippen molar-refractivity contribution in [3.8, 4) is 0 Å². The van der Waals surface area contributed by atoms with E-state index >= 15 is 0 Å². The highest BCUT2D eigenvalue weighted by molar-refractivity contribution is 14.0. The number of halogens is 1. The third-order valence-corrected chi connectivity index (χ3v) is 4.19. The van der Waals surface area contributed by atoms with Crippen LogP contribution in [0.4, 0.5) is 5.69 Å². The molecular weight excluding hydrogens is 415 g/mol. The molecule has 24 heavy (non-hydrogen) atoms. The lowest BCUT2D eigenvalue weighted by molar-refractivity contribution is 0.392. The minimum atomic E-state index is 0. The summed E-state index contributed by atoms with van der Waals surface area (Å²) in [4.78, 5) is 4.36. The van der Waals surface area contributed by atoms with Crippen molar-refractivity contribution in [3.05, 3.63) is 46.8 Å². The molecule has 0 fully saturated rings. The molecule has 2 rings (SSSR count). The molecule has 0 aliphatic carbocycles. The summed E-state index contributed by atoms with van der Waals surface area (Å²) in [5.41, 5.74) is 10.3. The lowest BCUT2D eigenvalue weighted by atomic mass is 9.99. The van der Waals surface area contributed by atoms with Crippen LogP contribution in [0, 0.1) is 13.8 Å². The second-order valence-electron chi connectivity index (χ2n) is 5.88. The number of hydrogen-bond donors (Lipinski definition) is 2. The van der Waals surface area contributed by atoms with Gasteiger partial charge in [-0.05, 0) is 50.3 Å². The second-order valence-corrected chi connectivity index (χ2v) is 5.88. The van der Waals surface area contributed by atoms with Crippen LogP contribution in [0.25, 0.3) is 0 Å². The van der Waals surface area contributed by atoms with Gasteiger partial charge in [-0.1, -0.05) is 31.1 Å². The molecule has 0 spiro atoms. The largest absolute Gasteiger partial charge is 0.370 e. The molecule has 1 unspecified atom stereocenters. The predicted octanol–water partition coefficient (Wildman–Crippen LogP) is 4.39. The lowest BCUT2D eigenvalue weighted by Gasteiger charge is -2.10. The lowest BCUT2D eigenvalue weighted by Crippen LogP contribution is -2.23. The van der Waals surface area contributed by atoms with E-state index in [-0.39, 0.29) is 24.0 Å². The molecule has 6 heteroatoms. The molecule has 132 valence electrons. The third-order valence-electron chi connectivity index (χ3n) is 4.19. The number of aliphatic imine (C=N–C) groups is 1. The van der Waals surface area contributed by atoms with E-state index in [0.717, 1.165) is 35.5 Å². The molecule has 0 amide bonds. The third kappa shape index (κ3) is 5.51. The van der Waals surface area contributed by atoms with E-state index in [9.17, 15) is 0 Å². The molecule has 0 saturated heterocycles. The Morgan fingerprint density at radius 2 is 1.96 bits per heavy atom. The van der Waals surface area contributed by atoms with Crippen LogP contribution in [0.3, 0.4) is 0 Å². The minimum absolute atomic E-state index is 0. The van der Waals surface area contributed by atoms with E-state index in [2.05, 4.69) is 41.4 Å². The molecule has 0 aliphatic heterocycles. The summed E-state index contributed by atoms with van der Waals surface area (Å²) in [7, 11) is 0. The average molecular weight is 442 g/mol. The van der Waals surface area contributed by atoms with Crippen LogP contribution in [-0.4, -0.2) is 17.7 Å². The van der Waals surface area contributed by atoms with Crippen molar-refractivity contribution >= 4 is 35.6 Å². The Labute approximate surface area is 161 Å². The monoisotopic (exact) mass is 442 g/mol. The zero-order chi connectivity index (χ0) is 16.8. The number of nitrogens with one attached hydrogen (secondary N) is 1. The molecule has 3 N–H and O–H groups in total. The zero-order valence-electron chi connectivity index (χ0n) is 14.8. The molecule has 1 aromatic heterocycles. The van der Waals surface area contributed by atoms with Crippen LogP contribution in [0.5, 0.6) is 0 Å². The highest BCUT2D eigenvalue weighted by Gasteiger charge is 2.08. The van der Waals surface area contributed by atoms with Gasteiger partial charge in [-0.25, -0.2) is 0 Å². The fourth-order valence-electron chi connectivity index (χ4n) is 2.47. The molecular formula is C18H27IN4O. The number of benzene rings is 1. The van der Waals surface area contributed by atoms with E-state index < -0.39 is 0 Å². The van der Waals surface area contributed by atoms with Gasteiger partial charge in [0.2, 0.25) is 0 Å². The van der Waals surface area contributed by atoms with Gasteiger partial charge in [0.1, 0.15) is 5.76 Å². The van der Waals surface area contributed by atoms with Gasteiger partial charge in [0, 0.05) is 17.8 Å². The number of nitrogens with two attached hydrogens (primary N) is 1. The summed E-state index contributed by atoms with van der Waals surface area (Å²) < 4.78 is 5.14. The Morgan fingerprint density at radius 1 is 1.29 bits per heavy atom. The molecule has 1 heterocycles. The molecule has 5 nitrogen and oxygen atoms in total. The topological polar surface area (TPSA) is 76.4 Å². The second kappa shape index (κ2) is 9.66. The number of aryl methyl sites for hydroxylation is 2. The molecule has 0 saturated carbocycles. The van der Waals surface area contributed by atoms with E-state index in [1.165, 1.54) is 5.56 Å². The summed E-state index contributed by atoms with van der Waals surface area (Å²) in [6.07, 6.45) is 1.91. The average Bonchev–Trinajstić information content (AvgIpc) is 2.86. The quantitative estimate of drug-likeness (QED) is 0.395. The SMILES string of the molecule is CCC(C)c1ccc(NC(N)=NCCc2c(C)noc2C)cc1.I. The van der Waals surface area contributed by atoms with Gasteiger partial charge >= 0.3 is 0 Å². The highest BCUT2D eigenvalue weighted by Crippen LogP contribution is 2.20. The molecule has 0 bridgehead atoms. The first-order valence-corrected chi connectivity index (χ1v) is 8.10. The number of rotatable bonds is 6. The first-order valence-electron chi connectivity index (χ1n) is 8.10. The highest BCUT2D eigenvalue weighted by atomic mass is 127. The Morgan fingerprint density at radius 3 is 2.50 bits per heavy atom. The van der Waals surface area contributed by atoms with Gasteiger partial charge in [-0.15, -0.1) is 24.0 Å². The summed E-state index contributed by atoms with van der Waals surface area (Å²) in [5, 5.41) is 7.06. The molecule has 1 aromatic carbocycles. The fourth-order valence-corrected chi connectivity index (χ4v) is 2.47. The van der Waals surface area contributed by atoms with Crippen LogP contribution in [-0.2, 0) is 6.42 Å². The molecule has 2 aromatic rings. The number of nitrogens with zero attached hydrogens (tertiary/aromatic N) is 2. The van der Waals surface area contributed by atoms with Crippen LogP contribution in [0.1, 0.15) is 48.8 Å². The summed E-state index contributed by atoms with van der Waals surface area (Å²) in [6, 6.07) is 8.34. The van der Waals surface area contributed by atoms with E-state index in [1.807, 2.05) is 26.0 Å². The maximum atomic E-state index is 5.95. The number of guanidine groups is 1. The fraction of sp³-hybridized carbons (Fsp3) is 0.444. The van der Waals surface area contributed by atoms with E-state index in [0.29, 0.717) is 18.4 Å². The Balaban J connectivity index is 0.00000288. The van der Waals surface area contributed by atoms with Crippen LogP contribution < -0.4 is 11.1 Å². The van der Waals surface area contributed by atoms with Crippen molar-refractivity contribution in [1.82, 2.24) is 5.16 Å². The van der Waals surface area contributed by atoms with Crippen molar-refractivity contribution < 1.29 is 4.52 Å². The van der Waals surface area contributed by atoms with Crippen LogP contribution >= 0.6 is 24.0 Å². The van der Waals surface area contributed by atoms with Gasteiger partial charge in [-0.3, -0.25) is 4.99 Å². The Hall–Kier alpha value is -1.57. The van der Waals surface area contributed by atoms with Crippen molar-refractivity contribution in [1.29, 1.82) is 0 Å². The number of aromatic nitrogens is 1. The normalized spacial score (nSPS) is 12.6. The van der Waals surface area contributed by atoms with Gasteiger partial charge < -0.3 is 15.6 Å². The van der Waals surface area contributed by atoms with Gasteiger partial charge in [0.05, 0.1) is 5.69 Å². The number of hydrogen-bond acceptors (Lipinski definition) is 3. The van der Waals surface area contributed by atoms with Crippen molar-refractivity contribution in [3.63, 3.8) is 0 Å². The van der Waals surface area contributed by atoms with E-state index in [1.54, 1.807) is 0 Å². The summed E-state index contributed by atoms with van der Waals surface area (Å²) in [6.45, 7) is 8.88. The summed E-state index contributed by atoms with van der Waals surface area (Å²) >= 11 is 0. The van der Waals surface area contributed by atoms with Gasteiger partial charge in [0.15, 0.2) is 5.96 Å². The first kappa shape index (κ1) is 20.5. The molecule has 0 radical (unpaired) electrons. The van der Waals surface area contributed by atoms with Crippen molar-refractivity contribution in [2.75, 3.05) is 11.9 Å². The zero-order valence-corrected chi connectivity index (χ0v) is 17.1. The minimum Gasteiger partial charge on any atom is -0.370 e. The predicted molar refractivity (Wildman–Crippen MR) is 110 cm³/mol. The Kier molecular flexibility index (Phi) is 8.24. The molecule has 1 atom stereocenters. The van der Waals surface area contributed by atoms with Gasteiger partial charge in [0.25, 0.3) is 0 Å². The maximum absolute atomic E-state index is 5.95. The number of anilines is 1. The van der Waals surface area contributed by atoms with Crippen LogP contribution in [0.15, 0.2) is 33.8 Å².